The molecule has 31 heavy (non-hydrogen) atoms. The van der Waals surface area contributed by atoms with Gasteiger partial charge in [-0.1, -0.05) is 28.4 Å². The van der Waals surface area contributed by atoms with Crippen molar-refractivity contribution in [3.05, 3.63) is 35.4 Å². The van der Waals surface area contributed by atoms with Crippen molar-refractivity contribution in [1.82, 2.24) is 4.90 Å². The lowest BCUT2D eigenvalue weighted by molar-refractivity contribution is -0.157. The van der Waals surface area contributed by atoms with Crippen LogP contribution in [-0.4, -0.2) is 60.9 Å². The Morgan fingerprint density at radius 3 is 2.65 bits per heavy atom. The first kappa shape index (κ1) is 23.8. The Hall–Kier alpha value is -1.86. The first-order valence-electron chi connectivity index (χ1n) is 10.8. The molecule has 170 valence electrons. The van der Waals surface area contributed by atoms with E-state index in [1.165, 1.54) is 0 Å². The third-order valence-corrected chi connectivity index (χ3v) is 7.07. The molecule has 1 heterocycles. The molecule has 1 saturated carbocycles. The molecule has 1 saturated heterocycles. The van der Waals surface area contributed by atoms with E-state index in [1.54, 1.807) is 31.4 Å². The smallest absolute Gasteiger partial charge is 0.317 e. The summed E-state index contributed by atoms with van der Waals surface area (Å²) in [5.41, 5.74) is 0.400. The summed E-state index contributed by atoms with van der Waals surface area (Å²) in [5, 5.41) is 0. The minimum atomic E-state index is -0.835. The number of carbonyl (C=O) groups excluding carboxylic acids is 2. The lowest BCUT2D eigenvalue weighted by Crippen LogP contribution is -2.60. The Kier molecular flexibility index (Phi) is 7.16. The molecule has 2 bridgehead atoms. The van der Waals surface area contributed by atoms with Crippen molar-refractivity contribution in [1.29, 1.82) is 0 Å². The number of allylic oxidation sites excluding steroid dienone is 1. The van der Waals surface area contributed by atoms with Gasteiger partial charge in [0.05, 0.1) is 29.7 Å². The lowest BCUT2D eigenvalue weighted by atomic mass is 9.62. The maximum atomic E-state index is 13.6. The number of hydrogen-bond acceptors (Lipinski definition) is 6. The van der Waals surface area contributed by atoms with E-state index >= 15 is 0 Å². The van der Waals surface area contributed by atoms with Gasteiger partial charge in [-0.05, 0) is 64.4 Å². The van der Waals surface area contributed by atoms with E-state index < -0.39 is 9.74 Å². The van der Waals surface area contributed by atoms with Crippen LogP contribution in [0.2, 0.25) is 0 Å². The highest BCUT2D eigenvalue weighted by atomic mass is 79.9. The number of methoxy groups -OCH3 is 1. The number of nitrogens with zero attached hydrogens (tertiary/aromatic N) is 1. The predicted octanol–water partition coefficient (Wildman–Crippen LogP) is 4.40. The van der Waals surface area contributed by atoms with Crippen LogP contribution in [0.25, 0.3) is 0 Å². The van der Waals surface area contributed by atoms with Gasteiger partial charge in [0.15, 0.2) is 17.3 Å². The number of alkyl halides is 1. The number of benzene rings is 1. The number of esters is 1. The predicted molar refractivity (Wildman–Crippen MR) is 123 cm³/mol. The molecule has 0 spiro atoms. The van der Waals surface area contributed by atoms with Crippen molar-refractivity contribution >= 4 is 27.7 Å². The van der Waals surface area contributed by atoms with Gasteiger partial charge in [-0.2, -0.15) is 0 Å². The number of rotatable bonds is 7. The number of ether oxygens (including phenoxy) is 3. The molecule has 0 radical (unpaired) electrons. The van der Waals surface area contributed by atoms with Gasteiger partial charge < -0.3 is 19.1 Å². The summed E-state index contributed by atoms with van der Waals surface area (Å²) < 4.78 is 16.4. The van der Waals surface area contributed by atoms with Gasteiger partial charge in [0.25, 0.3) is 0 Å². The van der Waals surface area contributed by atoms with E-state index in [1.807, 2.05) is 27.8 Å². The lowest BCUT2D eigenvalue weighted by Gasteiger charge is -2.53. The summed E-state index contributed by atoms with van der Waals surface area (Å²) in [7, 11) is 3.56. The maximum absolute atomic E-state index is 13.6. The average molecular weight is 494 g/mol. The molecule has 6 nitrogen and oxygen atoms in total. The molecule has 1 aliphatic carbocycles. The molecule has 2 fully saturated rings. The quantitative estimate of drug-likeness (QED) is 0.242. The van der Waals surface area contributed by atoms with E-state index in [4.69, 9.17) is 14.2 Å². The van der Waals surface area contributed by atoms with E-state index in [9.17, 15) is 9.59 Å². The summed E-state index contributed by atoms with van der Waals surface area (Å²) in [6, 6.07) is 5.29. The molecule has 0 amide bonds. The van der Waals surface area contributed by atoms with Gasteiger partial charge in [0, 0.05) is 13.1 Å². The third-order valence-electron chi connectivity index (χ3n) is 5.99. The number of fused-ring (bicyclic) bond motifs is 2. The molecule has 0 N–H and O–H groups in total. The molecular weight excluding hydrogens is 462 g/mol. The van der Waals surface area contributed by atoms with Gasteiger partial charge in [0.1, 0.15) is 5.41 Å². The van der Waals surface area contributed by atoms with Crippen LogP contribution in [0.1, 0.15) is 50.4 Å². The minimum Gasteiger partial charge on any atom is -0.493 e. The third kappa shape index (κ3) is 4.53. The molecule has 7 heteroatoms. The summed E-state index contributed by atoms with van der Waals surface area (Å²) in [4.78, 5) is 28.9. The zero-order chi connectivity index (χ0) is 22.8. The van der Waals surface area contributed by atoms with Gasteiger partial charge in [-0.3, -0.25) is 9.59 Å². The van der Waals surface area contributed by atoms with Crippen LogP contribution >= 0.6 is 15.9 Å². The number of hydrogen-bond donors (Lipinski definition) is 0. The van der Waals surface area contributed by atoms with Gasteiger partial charge >= 0.3 is 5.97 Å². The molecule has 1 aromatic carbocycles. The van der Waals surface area contributed by atoms with Gasteiger partial charge in [0.2, 0.25) is 0 Å². The molecular formula is C24H32BrNO5. The van der Waals surface area contributed by atoms with Crippen LogP contribution in [0.5, 0.6) is 11.5 Å². The van der Waals surface area contributed by atoms with E-state index in [0.29, 0.717) is 36.6 Å². The highest BCUT2D eigenvalue weighted by Gasteiger charge is 2.57. The molecule has 3 rings (SSSR count). The topological polar surface area (TPSA) is 65.1 Å². The Bertz CT molecular complexity index is 883. The largest absolute Gasteiger partial charge is 0.493 e. The molecule has 2 atom stereocenters. The zero-order valence-corrected chi connectivity index (χ0v) is 20.6. The molecule has 1 aliphatic heterocycles. The van der Waals surface area contributed by atoms with Crippen molar-refractivity contribution in [2.24, 2.45) is 5.41 Å². The zero-order valence-electron chi connectivity index (χ0n) is 19.0. The second-order valence-corrected chi connectivity index (χ2v) is 10.2. The molecule has 0 unspecified atom stereocenters. The normalized spacial score (nSPS) is 27.3. The molecule has 0 aromatic heterocycles. The fourth-order valence-electron chi connectivity index (χ4n) is 4.89. The van der Waals surface area contributed by atoms with Crippen molar-refractivity contribution < 1.29 is 23.8 Å². The minimum absolute atomic E-state index is 0.119. The summed E-state index contributed by atoms with van der Waals surface area (Å²) in [5.74, 6) is 0.478. The van der Waals surface area contributed by atoms with E-state index in [0.717, 1.165) is 25.0 Å². The molecule has 1 aromatic rings. The number of piperidine rings is 1. The van der Waals surface area contributed by atoms with Crippen molar-refractivity contribution in [2.75, 3.05) is 33.9 Å². The van der Waals surface area contributed by atoms with Crippen LogP contribution in [-0.2, 0) is 9.53 Å². The highest BCUT2D eigenvalue weighted by Crippen LogP contribution is 2.55. The number of carbonyl (C=O) groups is 2. The number of likely N-dealkylation sites (tertiary alicyclic amines) is 1. The Morgan fingerprint density at radius 1 is 1.26 bits per heavy atom. The van der Waals surface area contributed by atoms with Crippen molar-refractivity contribution in [3.63, 3.8) is 0 Å². The fourth-order valence-corrected chi connectivity index (χ4v) is 6.09. The van der Waals surface area contributed by atoms with Crippen LogP contribution < -0.4 is 9.47 Å². The maximum Gasteiger partial charge on any atom is 0.317 e. The Balaban J connectivity index is 2.12. The number of ketones is 1. The van der Waals surface area contributed by atoms with Crippen LogP contribution in [0, 0.1) is 5.41 Å². The van der Waals surface area contributed by atoms with Crippen LogP contribution in [0.15, 0.2) is 29.8 Å². The summed E-state index contributed by atoms with van der Waals surface area (Å²) >= 11 is 3.91. The average Bonchev–Trinajstić information content (AvgIpc) is 2.69. The number of para-hydroxylation sites is 1. The second-order valence-electron chi connectivity index (χ2n) is 8.72. The Labute approximate surface area is 193 Å². The van der Waals surface area contributed by atoms with Crippen molar-refractivity contribution in [2.45, 2.75) is 50.5 Å². The van der Waals surface area contributed by atoms with Crippen molar-refractivity contribution in [3.8, 4) is 11.5 Å². The second kappa shape index (κ2) is 9.33. The van der Waals surface area contributed by atoms with Gasteiger partial charge in [-0.15, -0.1) is 0 Å². The summed E-state index contributed by atoms with van der Waals surface area (Å²) in [6.07, 6.45) is 3.93. The van der Waals surface area contributed by atoms with Crippen LogP contribution in [0.4, 0.5) is 0 Å². The SMILES string of the molecule is CCOC(=O)[C@]12CCC[C@](Br)(CN(C)C1)/C2=C\C(=O)c1cccc(OC)c1OC(C)C. The number of halogens is 1. The first-order chi connectivity index (χ1) is 14.7. The van der Waals surface area contributed by atoms with Gasteiger partial charge in [-0.25, -0.2) is 0 Å². The standard InChI is InChI=1S/C24H32BrNO5/c1-6-30-22(28)23-11-8-12-24(25,15-26(4)14-23)20(23)13-18(27)17-9-7-10-19(29-5)21(17)31-16(2)3/h7,9-10,13,16H,6,8,11-12,14-15H2,1-5H3/b20-13-/t23-,24+/m1/s1. The first-order valence-corrected chi connectivity index (χ1v) is 11.6. The van der Waals surface area contributed by atoms with E-state index in [2.05, 4.69) is 20.8 Å². The Morgan fingerprint density at radius 2 is 2.00 bits per heavy atom. The monoisotopic (exact) mass is 493 g/mol. The van der Waals surface area contributed by atoms with Crippen LogP contribution in [0.3, 0.4) is 0 Å². The fraction of sp³-hybridized carbons (Fsp3) is 0.583. The summed E-state index contributed by atoms with van der Waals surface area (Å²) in [6.45, 7) is 7.19. The highest BCUT2D eigenvalue weighted by molar-refractivity contribution is 9.10. The van der Waals surface area contributed by atoms with E-state index in [-0.39, 0.29) is 17.9 Å². The molecule has 2 aliphatic rings.